The maximum absolute atomic E-state index is 12.5. The van der Waals surface area contributed by atoms with Gasteiger partial charge in [-0.3, -0.25) is 4.79 Å². The lowest BCUT2D eigenvalue weighted by molar-refractivity contribution is -0.124. The molecule has 4 N–H and O–H groups in total. The summed E-state index contributed by atoms with van der Waals surface area (Å²) in [7, 11) is 0. The van der Waals surface area contributed by atoms with Gasteiger partial charge >= 0.3 is 0 Å². The molecular formula is C52H99NO4. The van der Waals surface area contributed by atoms with Crippen molar-refractivity contribution >= 4 is 5.91 Å². The second-order valence-electron chi connectivity index (χ2n) is 17.4. The summed E-state index contributed by atoms with van der Waals surface area (Å²) in [4.78, 5) is 12.5. The lowest BCUT2D eigenvalue weighted by Gasteiger charge is -2.21. The Kier molecular flexibility index (Phi) is 46.1. The van der Waals surface area contributed by atoms with Crippen LogP contribution in [0.5, 0.6) is 0 Å². The van der Waals surface area contributed by atoms with Gasteiger partial charge in [0.05, 0.1) is 31.3 Å². The molecule has 57 heavy (non-hydrogen) atoms. The molecule has 0 bridgehead atoms. The number of hydrogen-bond donors (Lipinski definition) is 4. The maximum Gasteiger partial charge on any atom is 0.222 e. The average Bonchev–Trinajstić information content (AvgIpc) is 3.20. The van der Waals surface area contributed by atoms with Crippen LogP contribution in [0.4, 0.5) is 0 Å². The van der Waals surface area contributed by atoms with Crippen LogP contribution in [0.15, 0.2) is 36.5 Å². The van der Waals surface area contributed by atoms with E-state index in [2.05, 4.69) is 43.5 Å². The Morgan fingerprint density at radius 2 is 0.754 bits per heavy atom. The van der Waals surface area contributed by atoms with Crippen LogP contribution in [0, 0.1) is 0 Å². The van der Waals surface area contributed by atoms with Crippen molar-refractivity contribution in [1.29, 1.82) is 0 Å². The standard InChI is InChI=1S/C52H99NO4/c1-3-5-7-9-11-13-15-17-19-21-22-23-24-25-26-27-28-29-30-31-33-35-37-39-41-43-45-49(55)47-52(57)53-50(48-54)51(56)46-44-42-40-38-36-34-32-20-18-16-14-12-10-8-6-4-2/h25-26,36,38,44,46,49-51,54-56H,3-24,27-35,37,39-43,45,47-48H2,1-2H3,(H,53,57)/b26-25-,38-36+,46-44+. The predicted octanol–water partition coefficient (Wildman–Crippen LogP) is 15.1. The Hall–Kier alpha value is -1.43. The molecule has 1 amide bonds. The number of aliphatic hydroxyl groups is 3. The second-order valence-corrected chi connectivity index (χ2v) is 17.4. The lowest BCUT2D eigenvalue weighted by Crippen LogP contribution is -2.45. The molecule has 5 heteroatoms. The first kappa shape index (κ1) is 55.6. The highest BCUT2D eigenvalue weighted by atomic mass is 16.3. The first-order chi connectivity index (χ1) is 28.0. The van der Waals surface area contributed by atoms with Gasteiger partial charge in [-0.1, -0.05) is 237 Å². The summed E-state index contributed by atoms with van der Waals surface area (Å²) in [5.41, 5.74) is 0. The molecule has 0 radical (unpaired) electrons. The fourth-order valence-corrected chi connectivity index (χ4v) is 7.76. The number of unbranched alkanes of at least 4 members (excludes halogenated alkanes) is 33. The molecule has 0 aromatic heterocycles. The fraction of sp³-hybridized carbons (Fsp3) is 0.865. The summed E-state index contributed by atoms with van der Waals surface area (Å²) in [6.45, 7) is 4.22. The van der Waals surface area contributed by atoms with Gasteiger partial charge in [-0.05, 0) is 57.8 Å². The Labute approximate surface area is 355 Å². The van der Waals surface area contributed by atoms with Crippen LogP contribution >= 0.6 is 0 Å². The SMILES string of the molecule is CCCCCCCCCCCC/C=C/CC/C=C/C(O)C(CO)NC(=O)CC(O)CCCCCCCCCCCC/C=C\CCCCCCCCCCCCCC. The van der Waals surface area contributed by atoms with Gasteiger partial charge in [-0.2, -0.15) is 0 Å². The minimum atomic E-state index is -0.951. The molecule has 5 nitrogen and oxygen atoms in total. The largest absolute Gasteiger partial charge is 0.394 e. The smallest absolute Gasteiger partial charge is 0.222 e. The number of aliphatic hydroxyl groups excluding tert-OH is 3. The summed E-state index contributed by atoms with van der Waals surface area (Å²) in [6.07, 6.45) is 60.3. The van der Waals surface area contributed by atoms with Crippen LogP contribution in [-0.4, -0.2) is 46.1 Å². The normalized spacial score (nSPS) is 13.7. The van der Waals surface area contributed by atoms with Crippen LogP contribution in [-0.2, 0) is 4.79 Å². The van der Waals surface area contributed by atoms with Crippen LogP contribution in [0.1, 0.15) is 264 Å². The molecule has 336 valence electrons. The second kappa shape index (κ2) is 47.3. The summed E-state index contributed by atoms with van der Waals surface area (Å²) in [5, 5.41) is 33.3. The third-order valence-corrected chi connectivity index (χ3v) is 11.6. The average molecular weight is 802 g/mol. The molecule has 0 fully saturated rings. The third kappa shape index (κ3) is 44.0. The Morgan fingerprint density at radius 1 is 0.439 bits per heavy atom. The number of carbonyl (C=O) groups excluding carboxylic acids is 1. The molecule has 0 saturated heterocycles. The molecule has 0 aliphatic rings. The number of allylic oxidation sites excluding steroid dienone is 5. The van der Waals surface area contributed by atoms with Crippen molar-refractivity contribution in [3.05, 3.63) is 36.5 Å². The lowest BCUT2D eigenvalue weighted by atomic mass is 10.0. The highest BCUT2D eigenvalue weighted by molar-refractivity contribution is 5.76. The quantitative estimate of drug-likeness (QED) is 0.0365. The van der Waals surface area contributed by atoms with Gasteiger partial charge in [0, 0.05) is 0 Å². The van der Waals surface area contributed by atoms with Crippen LogP contribution < -0.4 is 5.32 Å². The van der Waals surface area contributed by atoms with Crippen molar-refractivity contribution in [1.82, 2.24) is 5.32 Å². The van der Waals surface area contributed by atoms with Crippen molar-refractivity contribution in [2.45, 2.75) is 283 Å². The number of hydrogen-bond acceptors (Lipinski definition) is 4. The van der Waals surface area contributed by atoms with Gasteiger partial charge in [0.15, 0.2) is 0 Å². The highest BCUT2D eigenvalue weighted by Crippen LogP contribution is 2.16. The first-order valence-electron chi connectivity index (χ1n) is 25.3. The van der Waals surface area contributed by atoms with E-state index in [0.29, 0.717) is 6.42 Å². The van der Waals surface area contributed by atoms with E-state index in [1.807, 2.05) is 6.08 Å². The molecule has 0 aromatic carbocycles. The number of carbonyl (C=O) groups is 1. The molecule has 0 aliphatic heterocycles. The zero-order chi connectivity index (χ0) is 41.5. The Bertz CT molecular complexity index is 885. The van der Waals surface area contributed by atoms with Crippen LogP contribution in [0.25, 0.3) is 0 Å². The molecule has 0 aliphatic carbocycles. The van der Waals surface area contributed by atoms with Crippen molar-refractivity contribution in [2.75, 3.05) is 6.61 Å². The van der Waals surface area contributed by atoms with E-state index in [-0.39, 0.29) is 18.9 Å². The molecule has 0 heterocycles. The van der Waals surface area contributed by atoms with Gasteiger partial charge in [0.1, 0.15) is 0 Å². The van der Waals surface area contributed by atoms with Crippen molar-refractivity contribution in [3.8, 4) is 0 Å². The van der Waals surface area contributed by atoms with Gasteiger partial charge in [-0.15, -0.1) is 0 Å². The highest BCUT2D eigenvalue weighted by Gasteiger charge is 2.20. The van der Waals surface area contributed by atoms with E-state index in [4.69, 9.17) is 0 Å². The van der Waals surface area contributed by atoms with Crippen LogP contribution in [0.3, 0.4) is 0 Å². The maximum atomic E-state index is 12.5. The number of rotatable bonds is 46. The molecule has 0 aromatic rings. The van der Waals surface area contributed by atoms with E-state index in [0.717, 1.165) is 32.1 Å². The van der Waals surface area contributed by atoms with Gasteiger partial charge < -0.3 is 20.6 Å². The summed E-state index contributed by atoms with van der Waals surface area (Å²) in [6, 6.07) is -0.761. The molecule has 0 spiro atoms. The van der Waals surface area contributed by atoms with E-state index in [9.17, 15) is 20.1 Å². The Balaban J connectivity index is 3.61. The summed E-state index contributed by atoms with van der Waals surface area (Å²) >= 11 is 0. The van der Waals surface area contributed by atoms with E-state index >= 15 is 0 Å². The van der Waals surface area contributed by atoms with E-state index in [1.54, 1.807) is 6.08 Å². The minimum Gasteiger partial charge on any atom is -0.394 e. The zero-order valence-corrected chi connectivity index (χ0v) is 38.2. The van der Waals surface area contributed by atoms with Gasteiger partial charge in [0.25, 0.3) is 0 Å². The fourth-order valence-electron chi connectivity index (χ4n) is 7.76. The molecular weight excluding hydrogens is 703 g/mol. The van der Waals surface area contributed by atoms with Crippen LogP contribution in [0.2, 0.25) is 0 Å². The van der Waals surface area contributed by atoms with Gasteiger partial charge in [0.2, 0.25) is 5.91 Å². The van der Waals surface area contributed by atoms with E-state index < -0.39 is 18.2 Å². The summed E-state index contributed by atoms with van der Waals surface area (Å²) in [5.74, 6) is -0.324. The molecule has 0 rings (SSSR count). The van der Waals surface area contributed by atoms with Crippen molar-refractivity contribution in [3.63, 3.8) is 0 Å². The molecule has 3 unspecified atom stereocenters. The molecule has 0 saturated carbocycles. The minimum absolute atomic E-state index is 0.00596. The zero-order valence-electron chi connectivity index (χ0n) is 38.2. The predicted molar refractivity (Wildman–Crippen MR) is 250 cm³/mol. The van der Waals surface area contributed by atoms with Crippen molar-refractivity contribution in [2.24, 2.45) is 0 Å². The van der Waals surface area contributed by atoms with Crippen molar-refractivity contribution < 1.29 is 20.1 Å². The topological polar surface area (TPSA) is 89.8 Å². The number of nitrogens with one attached hydrogen (secondary N) is 1. The van der Waals surface area contributed by atoms with Gasteiger partial charge in [-0.25, -0.2) is 0 Å². The Morgan fingerprint density at radius 3 is 1.12 bits per heavy atom. The number of amides is 1. The molecule has 3 atom stereocenters. The third-order valence-electron chi connectivity index (χ3n) is 11.6. The monoisotopic (exact) mass is 802 g/mol. The van der Waals surface area contributed by atoms with E-state index in [1.165, 1.54) is 205 Å². The first-order valence-corrected chi connectivity index (χ1v) is 25.3. The summed E-state index contributed by atoms with van der Waals surface area (Å²) < 4.78 is 0.